The third kappa shape index (κ3) is 5.69. The number of fused-ring (bicyclic) bond motifs is 4. The molecule has 6 fully saturated rings. The predicted molar refractivity (Wildman–Crippen MR) is 215 cm³/mol. The van der Waals surface area contributed by atoms with Gasteiger partial charge in [0.1, 0.15) is 0 Å². The van der Waals surface area contributed by atoms with Crippen molar-refractivity contribution in [2.45, 2.75) is 197 Å². The van der Waals surface area contributed by atoms with Crippen molar-refractivity contribution in [1.82, 2.24) is 14.8 Å². The summed E-state index contributed by atoms with van der Waals surface area (Å²) in [5.74, 6) is 4.04. The number of aromatic nitrogens is 3. The van der Waals surface area contributed by atoms with Gasteiger partial charge < -0.3 is 4.90 Å². The molecule has 6 aliphatic carbocycles. The molecular weight excluding hydrogens is 621 g/mol. The topological polar surface area (TPSA) is 34.0 Å². The zero-order valence-electron chi connectivity index (χ0n) is 35.1. The minimum Gasteiger partial charge on any atom is -0.336 e. The Hall–Kier alpha value is -1.58. The molecule has 284 valence electrons. The van der Waals surface area contributed by atoms with Crippen LogP contribution in [0.25, 0.3) is 11.8 Å². The molecule has 0 radical (unpaired) electrons. The van der Waals surface area contributed by atoms with E-state index in [0.29, 0.717) is 27.1 Å². The van der Waals surface area contributed by atoms with Gasteiger partial charge in [-0.05, 0) is 154 Å². The first-order chi connectivity index (χ1) is 23.7. The first-order valence-corrected chi connectivity index (χ1v) is 21.8. The highest BCUT2D eigenvalue weighted by Gasteiger charge is 2.76. The Kier molecular flexibility index (Phi) is 8.19. The molecule has 0 amide bonds. The Morgan fingerprint density at radius 2 is 1.29 bits per heavy atom. The molecule has 6 saturated carbocycles. The van der Waals surface area contributed by atoms with Crippen LogP contribution in [0.1, 0.15) is 197 Å². The number of anilines is 1. The molecule has 1 aliphatic heterocycles. The van der Waals surface area contributed by atoms with Crippen LogP contribution in [0.2, 0.25) is 0 Å². The summed E-state index contributed by atoms with van der Waals surface area (Å²) in [7, 11) is 2.42. The van der Waals surface area contributed by atoms with Crippen molar-refractivity contribution in [3.05, 3.63) is 18.0 Å². The van der Waals surface area contributed by atoms with Gasteiger partial charge >= 0.3 is 0 Å². The lowest BCUT2D eigenvalue weighted by Crippen LogP contribution is -2.77. The van der Waals surface area contributed by atoms with Crippen LogP contribution in [0, 0.1) is 55.2 Å². The van der Waals surface area contributed by atoms with E-state index >= 15 is 0 Å². The van der Waals surface area contributed by atoms with Crippen molar-refractivity contribution in [2.75, 3.05) is 11.9 Å². The second-order valence-corrected chi connectivity index (χ2v) is 23.5. The molecule has 8 unspecified atom stereocenters. The molecule has 51 heavy (non-hydrogen) atoms. The molecular formula is C47H76N4. The Morgan fingerprint density at radius 1 is 0.667 bits per heavy atom. The molecule has 0 spiro atoms. The van der Waals surface area contributed by atoms with E-state index < -0.39 is 0 Å². The van der Waals surface area contributed by atoms with Crippen molar-refractivity contribution in [2.24, 2.45) is 55.2 Å². The average molecular weight is 697 g/mol. The summed E-state index contributed by atoms with van der Waals surface area (Å²) in [5, 5.41) is 5.75. The van der Waals surface area contributed by atoms with E-state index in [1.165, 1.54) is 128 Å². The summed E-state index contributed by atoms with van der Waals surface area (Å²) >= 11 is 0. The Morgan fingerprint density at radius 3 is 2.04 bits per heavy atom. The van der Waals surface area contributed by atoms with Gasteiger partial charge in [0.05, 0.1) is 0 Å². The van der Waals surface area contributed by atoms with Gasteiger partial charge in [-0.1, -0.05) is 94.2 Å². The first-order valence-electron chi connectivity index (χ1n) is 21.8. The van der Waals surface area contributed by atoms with E-state index in [4.69, 9.17) is 10.1 Å². The van der Waals surface area contributed by atoms with Crippen LogP contribution in [-0.2, 0) is 0 Å². The van der Waals surface area contributed by atoms with Crippen LogP contribution in [-0.4, -0.2) is 27.4 Å². The summed E-state index contributed by atoms with van der Waals surface area (Å²) in [6.07, 6.45) is 33.0. The summed E-state index contributed by atoms with van der Waals surface area (Å²) in [4.78, 5) is 8.28. The smallest absolute Gasteiger partial charge is 0.245 e. The summed E-state index contributed by atoms with van der Waals surface area (Å²) < 4.78 is 2.40. The molecule has 1 aromatic rings. The van der Waals surface area contributed by atoms with Gasteiger partial charge in [0.15, 0.2) is 5.82 Å². The monoisotopic (exact) mass is 697 g/mol. The van der Waals surface area contributed by atoms with Crippen LogP contribution in [0.3, 0.4) is 0 Å². The Bertz CT molecular complexity index is 1590. The highest BCUT2D eigenvalue weighted by molar-refractivity contribution is 5.63. The first kappa shape index (κ1) is 36.4. The quantitative estimate of drug-likeness (QED) is 0.315. The van der Waals surface area contributed by atoms with Gasteiger partial charge in [-0.3, -0.25) is 0 Å². The number of nitrogens with zero attached hydrogens (tertiary/aromatic N) is 4. The zero-order valence-corrected chi connectivity index (χ0v) is 35.1. The number of hydrogen-bond acceptors (Lipinski definition) is 3. The van der Waals surface area contributed by atoms with Gasteiger partial charge in [-0.15, -0.1) is 5.10 Å². The fourth-order valence-electron chi connectivity index (χ4n) is 14.5. The Labute approximate surface area is 313 Å². The lowest BCUT2D eigenvalue weighted by molar-refractivity contribution is -0.259. The SMILES string of the molecule is CN(c1nc2n(n1)C(C13CCC(C)(C)CCC4CC4CCC(C)(CC1)C3)=CC(C)(C)C=C2)C12CCCC(C)(C)CCC3(C)CC(C)(CCC1)C32C. The fraction of sp³-hybridized carbons (Fsp3) is 0.872. The highest BCUT2D eigenvalue weighted by Crippen LogP contribution is 2.79. The fourth-order valence-corrected chi connectivity index (χ4v) is 14.5. The largest absolute Gasteiger partial charge is 0.336 e. The third-order valence-corrected chi connectivity index (χ3v) is 18.4. The molecule has 2 bridgehead atoms. The maximum absolute atomic E-state index is 5.75. The average Bonchev–Trinajstić information content (AvgIpc) is 3.57. The van der Waals surface area contributed by atoms with Crippen molar-refractivity contribution in [3.63, 3.8) is 0 Å². The molecule has 8 atom stereocenters. The van der Waals surface area contributed by atoms with Crippen LogP contribution in [0.15, 0.2) is 12.2 Å². The molecule has 0 N–H and O–H groups in total. The van der Waals surface area contributed by atoms with Crippen LogP contribution >= 0.6 is 0 Å². The van der Waals surface area contributed by atoms with Gasteiger partial charge in [0, 0.05) is 34.5 Å². The molecule has 4 nitrogen and oxygen atoms in total. The van der Waals surface area contributed by atoms with Gasteiger partial charge in [-0.25, -0.2) is 4.68 Å². The minimum absolute atomic E-state index is 0.0341. The molecule has 8 rings (SSSR count). The number of rotatable bonds is 3. The van der Waals surface area contributed by atoms with Gasteiger partial charge in [0.2, 0.25) is 5.95 Å². The standard InChI is InChI=1S/C47H76N4/c1-39(2)17-12-19-47(20-13-18-43(8)33-44(9,27-24-39)45(43,47)10)50(11)38-48-37-16-22-41(5,6)31-36(51(37)49-38)46-28-25-40(3,4)21-14-34-30-35(34)15-23-42(7,32-46)26-29-46/h16,22,31,34-35H,12-15,17-21,23-30,32-33H2,1-11H3. The third-order valence-electron chi connectivity index (χ3n) is 18.4. The summed E-state index contributed by atoms with van der Waals surface area (Å²) in [5.41, 5.74) is 3.81. The van der Waals surface area contributed by atoms with Crippen LogP contribution in [0.4, 0.5) is 5.95 Å². The number of allylic oxidation sites excluding steroid dienone is 3. The molecule has 1 aromatic heterocycles. The lowest BCUT2D eigenvalue weighted by atomic mass is 9.28. The second kappa shape index (κ2) is 11.5. The van der Waals surface area contributed by atoms with E-state index in [0.717, 1.165) is 23.6 Å². The lowest BCUT2D eigenvalue weighted by Gasteiger charge is -2.78. The predicted octanol–water partition coefficient (Wildman–Crippen LogP) is 13.1. The molecule has 0 saturated heterocycles. The van der Waals surface area contributed by atoms with Gasteiger partial charge in [0.25, 0.3) is 0 Å². The second-order valence-electron chi connectivity index (χ2n) is 23.5. The van der Waals surface area contributed by atoms with Crippen LogP contribution < -0.4 is 4.90 Å². The van der Waals surface area contributed by atoms with E-state index in [9.17, 15) is 0 Å². The van der Waals surface area contributed by atoms with Crippen molar-refractivity contribution in [3.8, 4) is 0 Å². The van der Waals surface area contributed by atoms with E-state index in [-0.39, 0.29) is 21.8 Å². The van der Waals surface area contributed by atoms with Gasteiger partial charge in [-0.2, -0.15) is 4.98 Å². The van der Waals surface area contributed by atoms with Crippen molar-refractivity contribution >= 4 is 17.7 Å². The van der Waals surface area contributed by atoms with Crippen molar-refractivity contribution in [1.29, 1.82) is 0 Å². The summed E-state index contributed by atoms with van der Waals surface area (Å²) in [6, 6.07) is 0. The maximum Gasteiger partial charge on any atom is 0.245 e. The molecule has 4 heteroatoms. The van der Waals surface area contributed by atoms with E-state index in [1.54, 1.807) is 0 Å². The van der Waals surface area contributed by atoms with E-state index in [2.05, 4.69) is 104 Å². The van der Waals surface area contributed by atoms with Crippen molar-refractivity contribution < 1.29 is 0 Å². The number of hydrogen-bond donors (Lipinski definition) is 0. The molecule has 7 aliphatic rings. The van der Waals surface area contributed by atoms with E-state index in [1.807, 2.05) is 0 Å². The molecule has 2 heterocycles. The van der Waals surface area contributed by atoms with Crippen LogP contribution in [0.5, 0.6) is 0 Å². The maximum atomic E-state index is 5.75. The summed E-state index contributed by atoms with van der Waals surface area (Å²) in [6.45, 7) is 25.7. The zero-order chi connectivity index (χ0) is 36.5. The Balaban J connectivity index is 1.21. The highest BCUT2D eigenvalue weighted by atomic mass is 15.4. The normalized spacial score (nSPS) is 45.4. The molecule has 0 aromatic carbocycles. The minimum atomic E-state index is -0.0341.